The predicted octanol–water partition coefficient (Wildman–Crippen LogP) is 0.613. The maximum absolute atomic E-state index is 12.6. The van der Waals surface area contributed by atoms with Crippen molar-refractivity contribution in [1.82, 2.24) is 20.5 Å². The van der Waals surface area contributed by atoms with E-state index in [-0.39, 0.29) is 30.2 Å². The molecule has 0 radical (unpaired) electrons. The summed E-state index contributed by atoms with van der Waals surface area (Å²) in [5.74, 6) is 0.177. The zero-order valence-electron chi connectivity index (χ0n) is 14.7. The van der Waals surface area contributed by atoms with Gasteiger partial charge in [-0.25, -0.2) is 4.98 Å². The lowest BCUT2D eigenvalue weighted by Crippen LogP contribution is -2.58. The standard InChI is InChI=1S/C18H23N5O3/c1-11(16(25)20-12-4-5-12)23-10-8-18(7-6-14(23)24)21-15-13(17(26)22-18)3-2-9-19-15/h2-3,9,11-12H,4-8,10H2,1H3,(H,19,21)(H,20,25)(H,22,26)/t11-,18+/m0/s1. The summed E-state index contributed by atoms with van der Waals surface area (Å²) in [6, 6.07) is 3.19. The summed E-state index contributed by atoms with van der Waals surface area (Å²) in [6.45, 7) is 2.16. The van der Waals surface area contributed by atoms with Crippen molar-refractivity contribution in [3.8, 4) is 0 Å². The molecule has 1 spiro atoms. The molecule has 26 heavy (non-hydrogen) atoms. The highest BCUT2D eigenvalue weighted by molar-refractivity contribution is 6.01. The van der Waals surface area contributed by atoms with E-state index in [1.807, 2.05) is 0 Å². The minimum Gasteiger partial charge on any atom is -0.352 e. The third-order valence-corrected chi connectivity index (χ3v) is 5.40. The van der Waals surface area contributed by atoms with E-state index in [0.717, 1.165) is 12.8 Å². The van der Waals surface area contributed by atoms with Crippen LogP contribution in [0.25, 0.3) is 0 Å². The van der Waals surface area contributed by atoms with Gasteiger partial charge in [0, 0.05) is 31.6 Å². The van der Waals surface area contributed by atoms with Crippen molar-refractivity contribution in [3.63, 3.8) is 0 Å². The highest BCUT2D eigenvalue weighted by Crippen LogP contribution is 2.31. The lowest BCUT2D eigenvalue weighted by molar-refractivity contribution is -0.139. The van der Waals surface area contributed by atoms with Gasteiger partial charge in [-0.1, -0.05) is 0 Å². The first-order valence-electron chi connectivity index (χ1n) is 9.13. The number of nitrogens with one attached hydrogen (secondary N) is 3. The van der Waals surface area contributed by atoms with Crippen LogP contribution in [0, 0.1) is 0 Å². The SMILES string of the molecule is C[C@@H](C(=O)NC1CC1)N1CC[C@@]2(CCC1=O)NC(=O)c1cccnc1N2. The monoisotopic (exact) mass is 357 g/mol. The highest BCUT2D eigenvalue weighted by atomic mass is 16.2. The summed E-state index contributed by atoms with van der Waals surface area (Å²) in [7, 11) is 0. The van der Waals surface area contributed by atoms with E-state index in [9.17, 15) is 14.4 Å². The Labute approximate surface area is 151 Å². The fraction of sp³-hybridized carbons (Fsp3) is 0.556. The molecule has 3 aliphatic rings. The Bertz CT molecular complexity index is 763. The Kier molecular flexibility index (Phi) is 4.05. The maximum atomic E-state index is 12.6. The van der Waals surface area contributed by atoms with E-state index < -0.39 is 11.7 Å². The van der Waals surface area contributed by atoms with Gasteiger partial charge < -0.3 is 20.9 Å². The van der Waals surface area contributed by atoms with Gasteiger partial charge in [-0.2, -0.15) is 0 Å². The zero-order chi connectivity index (χ0) is 18.3. The van der Waals surface area contributed by atoms with Crippen LogP contribution in [0.1, 0.15) is 49.4 Å². The van der Waals surface area contributed by atoms with Crippen LogP contribution >= 0.6 is 0 Å². The topological polar surface area (TPSA) is 103 Å². The lowest BCUT2D eigenvalue weighted by Gasteiger charge is -2.39. The van der Waals surface area contributed by atoms with E-state index in [1.165, 1.54) is 0 Å². The van der Waals surface area contributed by atoms with Gasteiger partial charge in [-0.3, -0.25) is 14.4 Å². The van der Waals surface area contributed by atoms with Crippen molar-refractivity contribution in [1.29, 1.82) is 0 Å². The largest absolute Gasteiger partial charge is 0.352 e. The van der Waals surface area contributed by atoms with Crippen molar-refractivity contribution in [2.75, 3.05) is 11.9 Å². The fourth-order valence-corrected chi connectivity index (χ4v) is 3.61. The molecule has 1 saturated heterocycles. The quantitative estimate of drug-likeness (QED) is 0.736. The maximum Gasteiger partial charge on any atom is 0.256 e. The van der Waals surface area contributed by atoms with E-state index in [1.54, 1.807) is 30.2 Å². The summed E-state index contributed by atoms with van der Waals surface area (Å²) in [5.41, 5.74) is -0.210. The lowest BCUT2D eigenvalue weighted by atomic mass is 9.97. The summed E-state index contributed by atoms with van der Waals surface area (Å²) in [6.07, 6.45) is 4.89. The summed E-state index contributed by atoms with van der Waals surface area (Å²) in [5, 5.41) is 9.28. The third-order valence-electron chi connectivity index (χ3n) is 5.40. The average molecular weight is 357 g/mol. The van der Waals surface area contributed by atoms with Gasteiger partial charge in [-0.15, -0.1) is 0 Å². The third kappa shape index (κ3) is 3.11. The van der Waals surface area contributed by atoms with Crippen molar-refractivity contribution >= 4 is 23.5 Å². The Morgan fingerprint density at radius 3 is 2.92 bits per heavy atom. The smallest absolute Gasteiger partial charge is 0.256 e. The van der Waals surface area contributed by atoms with Crippen LogP contribution in [0.15, 0.2) is 18.3 Å². The average Bonchev–Trinajstić information content (AvgIpc) is 3.44. The van der Waals surface area contributed by atoms with Gasteiger partial charge in [-0.05, 0) is 38.3 Å². The number of nitrogens with zero attached hydrogens (tertiary/aromatic N) is 2. The Hall–Kier alpha value is -2.64. The number of carbonyl (C=O) groups excluding carboxylic acids is 3. The number of rotatable bonds is 3. The van der Waals surface area contributed by atoms with Crippen molar-refractivity contribution in [2.24, 2.45) is 0 Å². The number of aromatic nitrogens is 1. The molecule has 8 nitrogen and oxygen atoms in total. The summed E-state index contributed by atoms with van der Waals surface area (Å²) < 4.78 is 0. The van der Waals surface area contributed by atoms with Crippen molar-refractivity contribution < 1.29 is 14.4 Å². The normalized spacial score (nSPS) is 26.4. The van der Waals surface area contributed by atoms with E-state index in [0.29, 0.717) is 30.8 Å². The molecule has 3 N–H and O–H groups in total. The van der Waals surface area contributed by atoms with Gasteiger partial charge >= 0.3 is 0 Å². The number of hydrogen-bond donors (Lipinski definition) is 3. The molecular formula is C18H23N5O3. The van der Waals surface area contributed by atoms with Gasteiger partial charge in [0.15, 0.2) is 0 Å². The van der Waals surface area contributed by atoms with Crippen LogP contribution in [0.5, 0.6) is 0 Å². The van der Waals surface area contributed by atoms with Gasteiger partial charge in [0.25, 0.3) is 5.91 Å². The molecule has 3 heterocycles. The molecule has 4 rings (SSSR count). The molecule has 0 unspecified atom stereocenters. The molecule has 138 valence electrons. The molecule has 0 bridgehead atoms. The van der Waals surface area contributed by atoms with Crippen molar-refractivity contribution in [3.05, 3.63) is 23.9 Å². The molecule has 0 aromatic carbocycles. The van der Waals surface area contributed by atoms with Gasteiger partial charge in [0.05, 0.1) is 5.56 Å². The molecular weight excluding hydrogens is 334 g/mol. The molecule has 2 fully saturated rings. The Morgan fingerprint density at radius 1 is 1.35 bits per heavy atom. The molecule has 2 aliphatic heterocycles. The van der Waals surface area contributed by atoms with Crippen LogP contribution in [-0.4, -0.2) is 51.9 Å². The Balaban J connectivity index is 1.49. The number of likely N-dealkylation sites (tertiary alicyclic amines) is 1. The Morgan fingerprint density at radius 2 is 2.15 bits per heavy atom. The van der Waals surface area contributed by atoms with Crippen LogP contribution in [0.3, 0.4) is 0 Å². The number of hydrogen-bond acceptors (Lipinski definition) is 5. The van der Waals surface area contributed by atoms with E-state index in [2.05, 4.69) is 20.9 Å². The van der Waals surface area contributed by atoms with Crippen LogP contribution < -0.4 is 16.0 Å². The first kappa shape index (κ1) is 16.8. The second-order valence-electron chi connectivity index (χ2n) is 7.36. The van der Waals surface area contributed by atoms with Gasteiger partial charge in [0.2, 0.25) is 11.8 Å². The minimum absolute atomic E-state index is 0.0665. The molecule has 1 saturated carbocycles. The summed E-state index contributed by atoms with van der Waals surface area (Å²) in [4.78, 5) is 43.3. The van der Waals surface area contributed by atoms with Gasteiger partial charge in [0.1, 0.15) is 17.5 Å². The summed E-state index contributed by atoms with van der Waals surface area (Å²) >= 11 is 0. The second kappa shape index (κ2) is 6.26. The van der Waals surface area contributed by atoms with Crippen LogP contribution in [0.4, 0.5) is 5.82 Å². The fourth-order valence-electron chi connectivity index (χ4n) is 3.61. The predicted molar refractivity (Wildman–Crippen MR) is 94.2 cm³/mol. The van der Waals surface area contributed by atoms with E-state index >= 15 is 0 Å². The van der Waals surface area contributed by atoms with E-state index in [4.69, 9.17) is 0 Å². The molecule has 1 aromatic heterocycles. The van der Waals surface area contributed by atoms with Crippen LogP contribution in [-0.2, 0) is 9.59 Å². The zero-order valence-corrected chi connectivity index (χ0v) is 14.7. The number of amides is 3. The first-order valence-corrected chi connectivity index (χ1v) is 9.13. The molecule has 1 aromatic rings. The number of pyridine rings is 1. The highest BCUT2D eigenvalue weighted by Gasteiger charge is 2.42. The van der Waals surface area contributed by atoms with Crippen LogP contribution in [0.2, 0.25) is 0 Å². The van der Waals surface area contributed by atoms with Crippen molar-refractivity contribution in [2.45, 2.75) is 56.8 Å². The number of carbonyl (C=O) groups is 3. The molecule has 2 atom stereocenters. The molecule has 3 amide bonds. The molecule has 8 heteroatoms. The number of fused-ring (bicyclic) bond motifs is 1. The molecule has 1 aliphatic carbocycles. The first-order chi connectivity index (χ1) is 12.5. The minimum atomic E-state index is -0.713. The second-order valence-corrected chi connectivity index (χ2v) is 7.36. The number of anilines is 1.